The molecule has 1 atom stereocenters. The summed E-state index contributed by atoms with van der Waals surface area (Å²) in [5.74, 6) is -0.253. The first-order valence-corrected chi connectivity index (χ1v) is 4.65. The standard InChI is InChI=1S/C9H11BrFN/c1-2-9(12)6-3-4-7(10)8(11)5-6/h3-5,9H,2,12H2,1H3. The van der Waals surface area contributed by atoms with Crippen LogP contribution in [-0.4, -0.2) is 0 Å². The Hall–Kier alpha value is -0.410. The van der Waals surface area contributed by atoms with Crippen molar-refractivity contribution in [3.63, 3.8) is 0 Å². The summed E-state index contributed by atoms with van der Waals surface area (Å²) in [5, 5.41) is 0. The minimum Gasteiger partial charge on any atom is -0.324 e. The molecule has 12 heavy (non-hydrogen) atoms. The van der Waals surface area contributed by atoms with E-state index in [9.17, 15) is 4.39 Å². The number of hydrogen-bond donors (Lipinski definition) is 1. The lowest BCUT2D eigenvalue weighted by Crippen LogP contribution is -2.08. The molecule has 0 aliphatic heterocycles. The van der Waals surface area contributed by atoms with Crippen molar-refractivity contribution in [2.45, 2.75) is 19.4 Å². The minimum absolute atomic E-state index is 0.0624. The van der Waals surface area contributed by atoms with Gasteiger partial charge in [-0.1, -0.05) is 13.0 Å². The highest BCUT2D eigenvalue weighted by Gasteiger charge is 2.05. The summed E-state index contributed by atoms with van der Waals surface area (Å²) in [6.45, 7) is 1.98. The summed E-state index contributed by atoms with van der Waals surface area (Å²) < 4.78 is 13.5. The predicted molar refractivity (Wildman–Crippen MR) is 51.3 cm³/mol. The maximum atomic E-state index is 13.0. The third-order valence-corrected chi connectivity index (χ3v) is 2.45. The lowest BCUT2D eigenvalue weighted by atomic mass is 10.1. The molecule has 1 aromatic carbocycles. The monoisotopic (exact) mass is 231 g/mol. The van der Waals surface area contributed by atoms with Gasteiger partial charge >= 0.3 is 0 Å². The van der Waals surface area contributed by atoms with E-state index in [1.807, 2.05) is 13.0 Å². The summed E-state index contributed by atoms with van der Waals surface area (Å²) in [5.41, 5.74) is 6.58. The van der Waals surface area contributed by atoms with Gasteiger partial charge in [0.2, 0.25) is 0 Å². The average molecular weight is 232 g/mol. The van der Waals surface area contributed by atoms with Crippen molar-refractivity contribution in [2.75, 3.05) is 0 Å². The third kappa shape index (κ3) is 2.05. The smallest absolute Gasteiger partial charge is 0.137 e. The SMILES string of the molecule is CCC(N)c1ccc(Br)c(F)c1. The highest BCUT2D eigenvalue weighted by atomic mass is 79.9. The van der Waals surface area contributed by atoms with Gasteiger partial charge in [0.05, 0.1) is 4.47 Å². The van der Waals surface area contributed by atoms with Gasteiger partial charge in [-0.3, -0.25) is 0 Å². The van der Waals surface area contributed by atoms with Gasteiger partial charge in [0, 0.05) is 6.04 Å². The van der Waals surface area contributed by atoms with Crippen LogP contribution in [0.1, 0.15) is 24.9 Å². The molecule has 0 fully saturated rings. The van der Waals surface area contributed by atoms with Crippen LogP contribution in [0.4, 0.5) is 4.39 Å². The lowest BCUT2D eigenvalue weighted by Gasteiger charge is -2.08. The van der Waals surface area contributed by atoms with E-state index in [0.29, 0.717) is 4.47 Å². The minimum atomic E-state index is -0.253. The molecule has 0 spiro atoms. The van der Waals surface area contributed by atoms with E-state index in [1.165, 1.54) is 6.07 Å². The molecule has 66 valence electrons. The third-order valence-electron chi connectivity index (χ3n) is 1.81. The molecule has 1 rings (SSSR count). The Morgan fingerprint density at radius 2 is 2.25 bits per heavy atom. The van der Waals surface area contributed by atoms with E-state index in [1.54, 1.807) is 6.07 Å². The van der Waals surface area contributed by atoms with Crippen LogP contribution in [0.3, 0.4) is 0 Å². The van der Waals surface area contributed by atoms with Crippen LogP contribution in [-0.2, 0) is 0 Å². The average Bonchev–Trinajstić information content (AvgIpc) is 2.08. The fourth-order valence-electron chi connectivity index (χ4n) is 0.979. The molecule has 0 aliphatic rings. The molecule has 2 N–H and O–H groups in total. The van der Waals surface area contributed by atoms with Crippen molar-refractivity contribution in [1.82, 2.24) is 0 Å². The molecule has 0 heterocycles. The Labute approximate surface area is 79.9 Å². The Kier molecular flexibility index (Phi) is 3.23. The fraction of sp³-hybridized carbons (Fsp3) is 0.333. The van der Waals surface area contributed by atoms with E-state index >= 15 is 0 Å². The first kappa shape index (κ1) is 9.68. The van der Waals surface area contributed by atoms with Crippen LogP contribution in [0.25, 0.3) is 0 Å². The molecular weight excluding hydrogens is 221 g/mol. The zero-order valence-corrected chi connectivity index (χ0v) is 8.44. The maximum Gasteiger partial charge on any atom is 0.137 e. The quantitative estimate of drug-likeness (QED) is 0.833. The number of hydrogen-bond acceptors (Lipinski definition) is 1. The van der Waals surface area contributed by atoms with Crippen molar-refractivity contribution in [3.8, 4) is 0 Å². The summed E-state index contributed by atoms with van der Waals surface area (Å²) >= 11 is 3.08. The molecule has 1 aromatic rings. The molecule has 0 aromatic heterocycles. The van der Waals surface area contributed by atoms with Crippen LogP contribution in [0, 0.1) is 5.82 Å². The molecule has 0 saturated carbocycles. The van der Waals surface area contributed by atoms with Gasteiger partial charge in [0.1, 0.15) is 5.82 Å². The Morgan fingerprint density at radius 3 is 2.75 bits per heavy atom. The number of nitrogens with two attached hydrogens (primary N) is 1. The Bertz CT molecular complexity index is 275. The van der Waals surface area contributed by atoms with Crippen molar-refractivity contribution < 1.29 is 4.39 Å². The van der Waals surface area contributed by atoms with E-state index in [4.69, 9.17) is 5.73 Å². The fourth-order valence-corrected chi connectivity index (χ4v) is 1.23. The van der Waals surface area contributed by atoms with Gasteiger partial charge in [-0.25, -0.2) is 4.39 Å². The van der Waals surface area contributed by atoms with Crippen molar-refractivity contribution in [1.29, 1.82) is 0 Å². The van der Waals surface area contributed by atoms with Crippen LogP contribution in [0.5, 0.6) is 0 Å². The summed E-state index contributed by atoms with van der Waals surface area (Å²) in [7, 11) is 0. The van der Waals surface area contributed by atoms with Gasteiger partial charge in [0.25, 0.3) is 0 Å². The highest BCUT2D eigenvalue weighted by molar-refractivity contribution is 9.10. The largest absolute Gasteiger partial charge is 0.324 e. The highest BCUT2D eigenvalue weighted by Crippen LogP contribution is 2.20. The Morgan fingerprint density at radius 1 is 1.58 bits per heavy atom. The predicted octanol–water partition coefficient (Wildman–Crippen LogP) is 3.00. The summed E-state index contributed by atoms with van der Waals surface area (Å²) in [6.07, 6.45) is 0.821. The van der Waals surface area contributed by atoms with Crippen molar-refractivity contribution in [3.05, 3.63) is 34.1 Å². The van der Waals surface area contributed by atoms with Gasteiger partial charge in [0.15, 0.2) is 0 Å². The van der Waals surface area contributed by atoms with Gasteiger partial charge in [-0.15, -0.1) is 0 Å². The zero-order chi connectivity index (χ0) is 9.14. The van der Waals surface area contributed by atoms with Gasteiger partial charge in [-0.2, -0.15) is 0 Å². The zero-order valence-electron chi connectivity index (χ0n) is 6.85. The number of rotatable bonds is 2. The van der Waals surface area contributed by atoms with Crippen molar-refractivity contribution >= 4 is 15.9 Å². The van der Waals surface area contributed by atoms with Gasteiger partial charge < -0.3 is 5.73 Å². The van der Waals surface area contributed by atoms with Crippen molar-refractivity contribution in [2.24, 2.45) is 5.73 Å². The van der Waals surface area contributed by atoms with E-state index in [0.717, 1.165) is 12.0 Å². The molecule has 0 saturated heterocycles. The second-order valence-corrected chi connectivity index (χ2v) is 3.54. The molecule has 0 amide bonds. The first-order chi connectivity index (χ1) is 5.65. The normalized spacial score (nSPS) is 13.0. The summed E-state index contributed by atoms with van der Waals surface area (Å²) in [4.78, 5) is 0. The summed E-state index contributed by atoms with van der Waals surface area (Å²) in [6, 6.07) is 4.92. The van der Waals surface area contributed by atoms with E-state index in [2.05, 4.69) is 15.9 Å². The van der Waals surface area contributed by atoms with Crippen LogP contribution in [0.15, 0.2) is 22.7 Å². The topological polar surface area (TPSA) is 26.0 Å². The van der Waals surface area contributed by atoms with Crippen LogP contribution < -0.4 is 5.73 Å². The molecule has 0 aliphatic carbocycles. The number of halogens is 2. The number of benzene rings is 1. The van der Waals surface area contributed by atoms with E-state index < -0.39 is 0 Å². The lowest BCUT2D eigenvalue weighted by molar-refractivity contribution is 0.610. The first-order valence-electron chi connectivity index (χ1n) is 3.85. The van der Waals surface area contributed by atoms with Crippen LogP contribution in [0.2, 0.25) is 0 Å². The molecule has 1 unspecified atom stereocenters. The molecule has 1 nitrogen and oxygen atoms in total. The maximum absolute atomic E-state index is 13.0. The van der Waals surface area contributed by atoms with Crippen LogP contribution >= 0.6 is 15.9 Å². The molecule has 3 heteroatoms. The molecular formula is C9H11BrFN. The second-order valence-electron chi connectivity index (χ2n) is 2.69. The van der Waals surface area contributed by atoms with E-state index in [-0.39, 0.29) is 11.9 Å². The molecule has 0 radical (unpaired) electrons. The second kappa shape index (κ2) is 4.01. The van der Waals surface area contributed by atoms with Gasteiger partial charge in [-0.05, 0) is 40.0 Å². The Balaban J connectivity index is 2.96. The molecule has 0 bridgehead atoms.